The van der Waals surface area contributed by atoms with Gasteiger partial charge >= 0.3 is 0 Å². The van der Waals surface area contributed by atoms with Gasteiger partial charge in [-0.05, 0) is 113 Å². The molecule has 0 radical (unpaired) electrons. The van der Waals surface area contributed by atoms with Crippen molar-refractivity contribution in [3.63, 3.8) is 0 Å². The van der Waals surface area contributed by atoms with Crippen molar-refractivity contribution in [1.82, 2.24) is 0 Å². The van der Waals surface area contributed by atoms with Crippen molar-refractivity contribution in [2.24, 2.45) is 5.41 Å². The predicted molar refractivity (Wildman–Crippen MR) is 228 cm³/mol. The summed E-state index contributed by atoms with van der Waals surface area (Å²) in [5.74, 6) is 2.65. The van der Waals surface area contributed by atoms with Crippen LogP contribution in [0.15, 0.2) is 103 Å². The van der Waals surface area contributed by atoms with Crippen molar-refractivity contribution in [2.45, 2.75) is 76.2 Å². The number of rotatable bonds is 0. The van der Waals surface area contributed by atoms with E-state index in [1.807, 2.05) is 12.1 Å². The van der Waals surface area contributed by atoms with Crippen LogP contribution >= 0.6 is 0 Å². The van der Waals surface area contributed by atoms with Gasteiger partial charge in [-0.2, -0.15) is 0 Å². The largest absolute Gasteiger partial charge is 0.491 e. The first-order valence-corrected chi connectivity index (χ1v) is 21.4. The molecule has 4 bridgehead atoms. The molecule has 2 spiro atoms. The second-order valence-corrected chi connectivity index (χ2v) is 16.4. The molecule has 2 fully saturated rings. The highest BCUT2D eigenvalue weighted by Gasteiger charge is 2.51. The van der Waals surface area contributed by atoms with Gasteiger partial charge in [0.1, 0.15) is 37.1 Å². The van der Waals surface area contributed by atoms with E-state index in [1.165, 1.54) is 96.6 Å². The molecule has 0 atom stereocenters. The first-order valence-electron chi connectivity index (χ1n) is 21.4. The lowest BCUT2D eigenvalue weighted by molar-refractivity contribution is 0.00499. The van der Waals surface area contributed by atoms with Gasteiger partial charge in [0.2, 0.25) is 0 Å². The first kappa shape index (κ1) is 37.9. The number of hydrogen-bond donors (Lipinski definition) is 0. The quantitative estimate of drug-likeness (QED) is 0.157. The van der Waals surface area contributed by atoms with Gasteiger partial charge in [-0.3, -0.25) is 0 Å². The fraction of sp³-hybridized carbons (Fsp3) is 0.412. The van der Waals surface area contributed by atoms with Crippen LogP contribution in [0.2, 0.25) is 0 Å². The van der Waals surface area contributed by atoms with Crippen LogP contribution in [0, 0.1) is 5.41 Å². The fourth-order valence-electron chi connectivity index (χ4n) is 10.2. The van der Waals surface area contributed by atoms with Gasteiger partial charge in [0, 0.05) is 16.4 Å². The van der Waals surface area contributed by atoms with Crippen LogP contribution in [0.1, 0.15) is 85.6 Å². The van der Waals surface area contributed by atoms with E-state index in [9.17, 15) is 0 Å². The smallest absolute Gasteiger partial charge is 0.135 e. The monoisotopic (exact) mass is 764 g/mol. The summed E-state index contributed by atoms with van der Waals surface area (Å²) in [5, 5.41) is 2.45. The summed E-state index contributed by atoms with van der Waals surface area (Å²) in [6, 6.07) is 35.0. The average molecular weight is 765 g/mol. The summed E-state index contributed by atoms with van der Waals surface area (Å²) < 4.78 is 36.1. The molecular weight excluding hydrogens is 709 g/mol. The minimum atomic E-state index is -0.0481. The molecule has 57 heavy (non-hydrogen) atoms. The van der Waals surface area contributed by atoms with Gasteiger partial charge in [0.05, 0.1) is 39.6 Å². The molecule has 5 aromatic rings. The number of benzene rings is 5. The van der Waals surface area contributed by atoms with Crippen molar-refractivity contribution < 1.29 is 28.4 Å². The summed E-state index contributed by atoms with van der Waals surface area (Å²) in [7, 11) is 0. The zero-order valence-electron chi connectivity index (χ0n) is 33.3. The Labute approximate surface area is 338 Å². The molecule has 0 N–H and O–H groups in total. The zero-order chi connectivity index (χ0) is 38.3. The maximum absolute atomic E-state index is 7.10. The van der Waals surface area contributed by atoms with Crippen molar-refractivity contribution in [3.05, 3.63) is 131 Å². The van der Waals surface area contributed by atoms with Crippen LogP contribution in [0.3, 0.4) is 0 Å². The number of fused-ring (bicyclic) bond motifs is 9. The predicted octanol–water partition coefficient (Wildman–Crippen LogP) is 11.3. The Balaban J connectivity index is 1.10. The molecule has 5 aromatic carbocycles. The lowest BCUT2D eigenvalue weighted by atomic mass is 9.56. The molecule has 6 nitrogen and oxygen atoms in total. The zero-order valence-corrected chi connectivity index (χ0v) is 33.3. The molecule has 2 saturated carbocycles. The van der Waals surface area contributed by atoms with E-state index < -0.39 is 0 Å². The van der Waals surface area contributed by atoms with Gasteiger partial charge in [-0.25, -0.2) is 0 Å². The molecule has 3 aliphatic carbocycles. The normalized spacial score (nSPS) is 20.6. The Morgan fingerprint density at radius 2 is 1.05 bits per heavy atom. The Kier molecular flexibility index (Phi) is 11.6. The molecule has 11 rings (SSSR count). The van der Waals surface area contributed by atoms with Crippen molar-refractivity contribution in [3.8, 4) is 28.4 Å². The standard InChI is InChI=1S/C51H56O6/c1-6-23-50(24-7-1)25-27-51(28-26-50)46-14-5-4-12-44(46)47-42-10-2-3-11-43(42)49-45(48(47)51)13-8-9-38-15-19-40(20-16-38)55-35-33-53-31-29-52-30-32-54-34-36-56-41-21-17-39(18-22-41)37-57-49/h2-5,8,10-22H,1,6-7,9,23-37H2/b13-8-. The minimum absolute atomic E-state index is 0.0481. The van der Waals surface area contributed by atoms with Crippen molar-refractivity contribution in [2.75, 3.05) is 52.9 Å². The number of hydrogen-bond acceptors (Lipinski definition) is 6. The third kappa shape index (κ3) is 8.10. The van der Waals surface area contributed by atoms with E-state index in [0.29, 0.717) is 64.9 Å². The molecule has 6 aliphatic rings. The topological polar surface area (TPSA) is 55.4 Å². The van der Waals surface area contributed by atoms with Gasteiger partial charge in [-0.15, -0.1) is 0 Å². The van der Waals surface area contributed by atoms with Gasteiger partial charge in [-0.1, -0.05) is 104 Å². The van der Waals surface area contributed by atoms with Crippen LogP contribution in [0.25, 0.3) is 28.0 Å². The second-order valence-electron chi connectivity index (χ2n) is 16.4. The van der Waals surface area contributed by atoms with Crippen LogP contribution in [0.4, 0.5) is 0 Å². The summed E-state index contributed by atoms with van der Waals surface area (Å²) in [6.45, 7) is 4.52. The summed E-state index contributed by atoms with van der Waals surface area (Å²) >= 11 is 0. The van der Waals surface area contributed by atoms with E-state index in [4.69, 9.17) is 28.4 Å². The second kappa shape index (κ2) is 17.5. The Morgan fingerprint density at radius 1 is 0.474 bits per heavy atom. The lowest BCUT2D eigenvalue weighted by Crippen LogP contribution is -2.38. The maximum atomic E-state index is 7.10. The van der Waals surface area contributed by atoms with Gasteiger partial charge in [0.25, 0.3) is 0 Å². The summed E-state index contributed by atoms with van der Waals surface area (Å²) in [4.78, 5) is 0. The SMILES string of the molecule is C1=C\c2c3c(c4ccccc4c2OCc2ccc(cc2)OCCOCCOCCOCCOc2ccc(cc2)C/1)-c1ccccc1C31CCC2(CCCCC2)CC1. The highest BCUT2D eigenvalue weighted by atomic mass is 16.6. The molecular formula is C51H56O6. The van der Waals surface area contributed by atoms with Crippen LogP contribution in [-0.4, -0.2) is 52.9 Å². The third-order valence-corrected chi connectivity index (χ3v) is 13.1. The van der Waals surface area contributed by atoms with Crippen molar-refractivity contribution >= 4 is 16.8 Å². The third-order valence-electron chi connectivity index (χ3n) is 13.1. The molecule has 0 unspecified atom stereocenters. The molecule has 0 amide bonds. The first-order chi connectivity index (χ1) is 28.2. The highest BCUT2D eigenvalue weighted by Crippen LogP contribution is 2.64. The molecule has 0 saturated heterocycles. The van der Waals surface area contributed by atoms with Crippen LogP contribution < -0.4 is 14.2 Å². The van der Waals surface area contributed by atoms with E-state index in [-0.39, 0.29) is 5.41 Å². The van der Waals surface area contributed by atoms with E-state index >= 15 is 0 Å². The van der Waals surface area contributed by atoms with Gasteiger partial charge in [0.15, 0.2) is 0 Å². The fourth-order valence-corrected chi connectivity index (χ4v) is 10.2. The molecule has 0 aromatic heterocycles. The highest BCUT2D eigenvalue weighted by molar-refractivity contribution is 6.08. The van der Waals surface area contributed by atoms with Crippen LogP contribution in [0.5, 0.6) is 17.2 Å². The molecule has 296 valence electrons. The van der Waals surface area contributed by atoms with Gasteiger partial charge < -0.3 is 28.4 Å². The maximum Gasteiger partial charge on any atom is 0.135 e. The number of ether oxygens (including phenoxy) is 6. The minimum Gasteiger partial charge on any atom is -0.491 e. The average Bonchev–Trinajstić information content (AvgIpc) is 3.54. The Hall–Kier alpha value is -4.62. The van der Waals surface area contributed by atoms with Crippen molar-refractivity contribution in [1.29, 1.82) is 0 Å². The molecule has 6 heteroatoms. The lowest BCUT2D eigenvalue weighted by Gasteiger charge is -2.48. The Morgan fingerprint density at radius 3 is 1.72 bits per heavy atom. The van der Waals surface area contributed by atoms with Crippen LogP contribution in [-0.2, 0) is 32.7 Å². The Bertz CT molecular complexity index is 2140. The van der Waals surface area contributed by atoms with E-state index in [1.54, 1.807) is 0 Å². The number of allylic oxidation sites excluding steroid dienone is 1. The molecule has 3 aliphatic heterocycles. The molecule has 3 heterocycles. The summed E-state index contributed by atoms with van der Waals surface area (Å²) in [5.41, 5.74) is 9.82. The van der Waals surface area contributed by atoms with E-state index in [0.717, 1.165) is 34.6 Å². The summed E-state index contributed by atoms with van der Waals surface area (Å²) in [6.07, 6.45) is 17.4. The van der Waals surface area contributed by atoms with E-state index in [2.05, 4.69) is 97.1 Å².